The number of rotatable bonds is 2. The molecular formula is C14H18N2O4. The van der Waals surface area contributed by atoms with Gasteiger partial charge in [0.2, 0.25) is 0 Å². The van der Waals surface area contributed by atoms with Crippen molar-refractivity contribution in [1.82, 2.24) is 4.90 Å². The van der Waals surface area contributed by atoms with Crippen molar-refractivity contribution in [2.75, 3.05) is 11.9 Å². The maximum atomic E-state index is 12.2. The number of hydrogen-bond donors (Lipinski definition) is 3. The molecule has 1 aliphatic heterocycles. The van der Waals surface area contributed by atoms with E-state index in [1.807, 2.05) is 26.0 Å². The molecule has 6 nitrogen and oxygen atoms in total. The highest BCUT2D eigenvalue weighted by Crippen LogP contribution is 2.21. The molecule has 3 N–H and O–H groups in total. The van der Waals surface area contributed by atoms with Gasteiger partial charge in [0.05, 0.1) is 6.10 Å². The van der Waals surface area contributed by atoms with Gasteiger partial charge < -0.3 is 20.4 Å². The van der Waals surface area contributed by atoms with Crippen LogP contribution in [0.25, 0.3) is 0 Å². The van der Waals surface area contributed by atoms with Crippen LogP contribution in [0.3, 0.4) is 0 Å². The lowest BCUT2D eigenvalue weighted by Gasteiger charge is -2.22. The van der Waals surface area contributed by atoms with Crippen LogP contribution in [0.4, 0.5) is 10.5 Å². The second-order valence-corrected chi connectivity index (χ2v) is 5.14. The van der Waals surface area contributed by atoms with Crippen molar-refractivity contribution in [2.24, 2.45) is 0 Å². The number of benzene rings is 1. The average Bonchev–Trinajstić information content (AvgIpc) is 2.75. The largest absolute Gasteiger partial charge is 0.480 e. The lowest BCUT2D eigenvalue weighted by molar-refractivity contribution is -0.141. The van der Waals surface area contributed by atoms with Gasteiger partial charge in [0.1, 0.15) is 6.04 Å². The van der Waals surface area contributed by atoms with Crippen molar-refractivity contribution in [3.63, 3.8) is 0 Å². The molecule has 1 aromatic carbocycles. The van der Waals surface area contributed by atoms with Crippen LogP contribution in [0.5, 0.6) is 0 Å². The number of hydrogen-bond acceptors (Lipinski definition) is 3. The number of likely N-dealkylation sites (tertiary alicyclic amines) is 1. The van der Waals surface area contributed by atoms with Crippen molar-refractivity contribution in [3.05, 3.63) is 29.3 Å². The fourth-order valence-corrected chi connectivity index (χ4v) is 2.41. The molecule has 108 valence electrons. The quantitative estimate of drug-likeness (QED) is 0.762. The number of anilines is 1. The minimum absolute atomic E-state index is 0.0354. The molecule has 1 heterocycles. The van der Waals surface area contributed by atoms with Crippen LogP contribution in [0.2, 0.25) is 0 Å². The zero-order chi connectivity index (χ0) is 14.9. The van der Waals surface area contributed by atoms with Crippen molar-refractivity contribution < 1.29 is 19.8 Å². The molecule has 0 bridgehead atoms. The van der Waals surface area contributed by atoms with E-state index in [0.717, 1.165) is 16.0 Å². The molecule has 1 fully saturated rings. The third-order valence-corrected chi connectivity index (χ3v) is 3.45. The molecule has 2 amide bonds. The van der Waals surface area contributed by atoms with Crippen molar-refractivity contribution in [2.45, 2.75) is 32.4 Å². The summed E-state index contributed by atoms with van der Waals surface area (Å²) in [4.78, 5) is 24.4. The topological polar surface area (TPSA) is 89.9 Å². The molecule has 1 saturated heterocycles. The lowest BCUT2D eigenvalue weighted by atomic mass is 10.1. The number of aliphatic hydroxyl groups excluding tert-OH is 1. The second-order valence-electron chi connectivity index (χ2n) is 5.14. The Balaban J connectivity index is 2.13. The number of nitrogens with zero attached hydrogens (tertiary/aromatic N) is 1. The molecule has 2 atom stereocenters. The Bertz CT molecular complexity index is 544. The molecule has 2 rings (SSSR count). The number of aryl methyl sites for hydroxylation is 2. The number of carboxylic acids is 1. The fourth-order valence-electron chi connectivity index (χ4n) is 2.41. The number of amides is 2. The number of aliphatic carboxylic acids is 1. The molecule has 0 spiro atoms. The first-order chi connectivity index (χ1) is 9.38. The highest BCUT2D eigenvalue weighted by Gasteiger charge is 2.39. The average molecular weight is 278 g/mol. The van der Waals surface area contributed by atoms with Crippen molar-refractivity contribution >= 4 is 17.7 Å². The van der Waals surface area contributed by atoms with E-state index in [0.29, 0.717) is 5.69 Å². The minimum atomic E-state index is -1.10. The molecule has 0 radical (unpaired) electrons. The third-order valence-electron chi connectivity index (χ3n) is 3.45. The van der Waals surface area contributed by atoms with Gasteiger partial charge in [0.15, 0.2) is 0 Å². The van der Waals surface area contributed by atoms with E-state index in [2.05, 4.69) is 5.32 Å². The van der Waals surface area contributed by atoms with Crippen LogP contribution >= 0.6 is 0 Å². The number of urea groups is 1. The molecule has 1 aliphatic rings. The Morgan fingerprint density at radius 1 is 1.35 bits per heavy atom. The summed E-state index contributed by atoms with van der Waals surface area (Å²) in [5.74, 6) is -1.10. The normalized spacial score (nSPS) is 21.9. The fraction of sp³-hybridized carbons (Fsp3) is 0.429. The number of carbonyl (C=O) groups excluding carboxylic acids is 1. The molecule has 1 aromatic rings. The van der Waals surface area contributed by atoms with Crippen molar-refractivity contribution in [3.8, 4) is 0 Å². The van der Waals surface area contributed by atoms with E-state index in [4.69, 9.17) is 5.11 Å². The maximum Gasteiger partial charge on any atom is 0.326 e. The van der Waals surface area contributed by atoms with E-state index in [1.54, 1.807) is 6.07 Å². The Morgan fingerprint density at radius 3 is 2.65 bits per heavy atom. The monoisotopic (exact) mass is 278 g/mol. The predicted octanol–water partition coefficient (Wildman–Crippen LogP) is 1.36. The van der Waals surface area contributed by atoms with Gasteiger partial charge in [-0.25, -0.2) is 9.59 Å². The van der Waals surface area contributed by atoms with Crippen LogP contribution in [-0.4, -0.2) is 45.8 Å². The van der Waals surface area contributed by atoms with Crippen LogP contribution in [0.15, 0.2) is 18.2 Å². The van der Waals surface area contributed by atoms with Crippen LogP contribution in [0, 0.1) is 13.8 Å². The molecule has 20 heavy (non-hydrogen) atoms. The second kappa shape index (κ2) is 5.50. The zero-order valence-corrected chi connectivity index (χ0v) is 11.5. The Labute approximate surface area is 117 Å². The molecule has 6 heteroatoms. The van der Waals surface area contributed by atoms with Crippen LogP contribution in [0.1, 0.15) is 17.5 Å². The van der Waals surface area contributed by atoms with E-state index < -0.39 is 24.1 Å². The summed E-state index contributed by atoms with van der Waals surface area (Å²) in [7, 11) is 0. The summed E-state index contributed by atoms with van der Waals surface area (Å²) in [5, 5.41) is 21.3. The summed E-state index contributed by atoms with van der Waals surface area (Å²) in [6.45, 7) is 3.86. The van der Waals surface area contributed by atoms with Gasteiger partial charge in [-0.1, -0.05) is 17.7 Å². The SMILES string of the molecule is Cc1ccc(NC(=O)N2CC(O)CC2C(=O)O)c(C)c1. The van der Waals surface area contributed by atoms with Crippen LogP contribution < -0.4 is 5.32 Å². The van der Waals surface area contributed by atoms with E-state index in [9.17, 15) is 14.7 Å². The molecule has 0 saturated carbocycles. The predicted molar refractivity (Wildman–Crippen MR) is 73.7 cm³/mol. The van der Waals surface area contributed by atoms with Gasteiger partial charge in [0, 0.05) is 18.7 Å². The van der Waals surface area contributed by atoms with Gasteiger partial charge in [-0.05, 0) is 25.5 Å². The first kappa shape index (κ1) is 14.3. The zero-order valence-electron chi connectivity index (χ0n) is 11.5. The minimum Gasteiger partial charge on any atom is -0.480 e. The number of aliphatic hydroxyl groups is 1. The van der Waals surface area contributed by atoms with E-state index in [1.165, 1.54) is 0 Å². The Morgan fingerprint density at radius 2 is 2.05 bits per heavy atom. The highest BCUT2D eigenvalue weighted by molar-refractivity contribution is 5.93. The van der Waals surface area contributed by atoms with Gasteiger partial charge in [0.25, 0.3) is 0 Å². The molecule has 0 aliphatic carbocycles. The molecular weight excluding hydrogens is 260 g/mol. The smallest absolute Gasteiger partial charge is 0.326 e. The number of nitrogens with one attached hydrogen (secondary N) is 1. The van der Waals surface area contributed by atoms with Gasteiger partial charge in [-0.15, -0.1) is 0 Å². The summed E-state index contributed by atoms with van der Waals surface area (Å²) in [5.41, 5.74) is 2.64. The maximum absolute atomic E-state index is 12.2. The van der Waals surface area contributed by atoms with Crippen molar-refractivity contribution in [1.29, 1.82) is 0 Å². The van der Waals surface area contributed by atoms with Gasteiger partial charge in [-0.3, -0.25) is 0 Å². The summed E-state index contributed by atoms with van der Waals surface area (Å²) in [6.07, 6.45) is -0.726. The lowest BCUT2D eigenvalue weighted by Crippen LogP contribution is -2.43. The molecule has 2 unspecified atom stereocenters. The van der Waals surface area contributed by atoms with E-state index in [-0.39, 0.29) is 13.0 Å². The molecule has 0 aromatic heterocycles. The number of β-amino-alcohol motifs (C(OH)–C–C–N with tert-alkyl or cyclic N) is 1. The highest BCUT2D eigenvalue weighted by atomic mass is 16.4. The standard InChI is InChI=1S/C14H18N2O4/c1-8-3-4-11(9(2)5-8)15-14(20)16-7-10(17)6-12(16)13(18)19/h3-5,10,12,17H,6-7H2,1-2H3,(H,15,20)(H,18,19). The van der Waals surface area contributed by atoms with Gasteiger partial charge in [-0.2, -0.15) is 0 Å². The number of carbonyl (C=O) groups is 2. The van der Waals surface area contributed by atoms with Crippen LogP contribution in [-0.2, 0) is 4.79 Å². The van der Waals surface area contributed by atoms with Gasteiger partial charge >= 0.3 is 12.0 Å². The Kier molecular flexibility index (Phi) is 3.94. The number of carboxylic acid groups (broad SMARTS) is 1. The third kappa shape index (κ3) is 2.91. The Hall–Kier alpha value is -2.08. The summed E-state index contributed by atoms with van der Waals surface area (Å²) >= 11 is 0. The summed E-state index contributed by atoms with van der Waals surface area (Å²) in [6, 6.07) is 4.11. The first-order valence-electron chi connectivity index (χ1n) is 6.44. The first-order valence-corrected chi connectivity index (χ1v) is 6.44. The van der Waals surface area contributed by atoms with E-state index >= 15 is 0 Å². The summed E-state index contributed by atoms with van der Waals surface area (Å²) < 4.78 is 0.